The second-order valence-electron chi connectivity index (χ2n) is 2.18. The average Bonchev–Trinajstić information content (AvgIpc) is 2.04. The van der Waals surface area contributed by atoms with Gasteiger partial charge in [-0.25, -0.2) is 4.99 Å². The highest BCUT2D eigenvalue weighted by molar-refractivity contribution is 6.32. The molecule has 0 fully saturated rings. The zero-order valence-electron chi connectivity index (χ0n) is 5.64. The van der Waals surface area contributed by atoms with Gasteiger partial charge >= 0.3 is 0 Å². The van der Waals surface area contributed by atoms with Crippen LogP contribution in [0.2, 0.25) is 0 Å². The van der Waals surface area contributed by atoms with Crippen molar-refractivity contribution in [3.8, 4) is 0 Å². The first-order valence-corrected chi connectivity index (χ1v) is 3.22. The summed E-state index contributed by atoms with van der Waals surface area (Å²) in [4.78, 5) is 22.3. The van der Waals surface area contributed by atoms with Crippen molar-refractivity contribution in [2.45, 2.75) is 6.17 Å². The Morgan fingerprint density at radius 1 is 1.36 bits per heavy atom. The van der Waals surface area contributed by atoms with Crippen LogP contribution in [0.4, 0.5) is 0 Å². The van der Waals surface area contributed by atoms with Gasteiger partial charge < -0.3 is 0 Å². The van der Waals surface area contributed by atoms with E-state index in [-0.39, 0.29) is 12.1 Å². The fourth-order valence-corrected chi connectivity index (χ4v) is 0.936. The number of carbonyl (C=O) groups excluding carboxylic acids is 1. The molecule has 0 bridgehead atoms. The molecule has 0 aromatic rings. The van der Waals surface area contributed by atoms with Crippen LogP contribution in [0.3, 0.4) is 0 Å². The van der Waals surface area contributed by atoms with Gasteiger partial charge in [-0.15, -0.1) is 0 Å². The van der Waals surface area contributed by atoms with E-state index in [0.29, 0.717) is 5.71 Å². The smallest absolute Gasteiger partial charge is 0.266 e. The molecule has 0 saturated heterocycles. The van der Waals surface area contributed by atoms with Crippen molar-refractivity contribution in [2.24, 2.45) is 15.0 Å². The van der Waals surface area contributed by atoms with Crippen LogP contribution in [-0.2, 0) is 4.79 Å². The third kappa shape index (κ3) is 1.02. The van der Waals surface area contributed by atoms with E-state index in [1.807, 2.05) is 0 Å². The van der Waals surface area contributed by atoms with Crippen LogP contribution in [0.15, 0.2) is 27.1 Å². The summed E-state index contributed by atoms with van der Waals surface area (Å²) in [5.74, 6) is -0.307. The van der Waals surface area contributed by atoms with Crippen molar-refractivity contribution in [3.05, 3.63) is 12.2 Å². The number of hydrogen-bond donors (Lipinski definition) is 0. The van der Waals surface area contributed by atoms with Gasteiger partial charge in [0.15, 0.2) is 6.17 Å². The maximum absolute atomic E-state index is 10.7. The molecule has 0 N–H and O–H groups in total. The molecule has 4 heteroatoms. The van der Waals surface area contributed by atoms with Crippen molar-refractivity contribution >= 4 is 24.0 Å². The van der Waals surface area contributed by atoms with Crippen molar-refractivity contribution < 1.29 is 4.79 Å². The summed E-state index contributed by atoms with van der Waals surface area (Å²) >= 11 is 0. The Labute approximate surface area is 63.1 Å². The van der Waals surface area contributed by atoms with E-state index in [4.69, 9.17) is 0 Å². The average molecular weight is 147 g/mol. The SMILES string of the molecule is O=C1C=NC2N=CC=CC2=N1. The van der Waals surface area contributed by atoms with Gasteiger partial charge in [-0.3, -0.25) is 14.8 Å². The molecule has 0 saturated carbocycles. The van der Waals surface area contributed by atoms with Crippen LogP contribution >= 0.6 is 0 Å². The lowest BCUT2D eigenvalue weighted by Gasteiger charge is -2.11. The molecule has 0 radical (unpaired) electrons. The van der Waals surface area contributed by atoms with Gasteiger partial charge in [-0.05, 0) is 12.2 Å². The Hall–Kier alpha value is -1.58. The summed E-state index contributed by atoms with van der Waals surface area (Å²) in [6.45, 7) is 0. The molecule has 2 aliphatic rings. The highest BCUT2D eigenvalue weighted by Gasteiger charge is 2.16. The molecule has 0 aromatic heterocycles. The van der Waals surface area contributed by atoms with Crippen molar-refractivity contribution in [2.75, 3.05) is 0 Å². The molecule has 2 aliphatic heterocycles. The van der Waals surface area contributed by atoms with Crippen LogP contribution in [0.25, 0.3) is 0 Å². The number of allylic oxidation sites excluding steroid dienone is 1. The Balaban J connectivity index is 2.39. The number of nitrogens with zero attached hydrogens (tertiary/aromatic N) is 3. The maximum atomic E-state index is 10.7. The molecule has 0 spiro atoms. The highest BCUT2D eigenvalue weighted by Crippen LogP contribution is 2.06. The lowest BCUT2D eigenvalue weighted by Crippen LogP contribution is -2.23. The predicted molar refractivity (Wildman–Crippen MR) is 42.4 cm³/mol. The van der Waals surface area contributed by atoms with Crippen LogP contribution < -0.4 is 0 Å². The van der Waals surface area contributed by atoms with Crippen LogP contribution in [0.1, 0.15) is 0 Å². The van der Waals surface area contributed by atoms with E-state index >= 15 is 0 Å². The molecule has 1 unspecified atom stereocenters. The summed E-state index contributed by atoms with van der Waals surface area (Å²) in [6, 6.07) is 0. The van der Waals surface area contributed by atoms with Crippen molar-refractivity contribution in [1.82, 2.24) is 0 Å². The summed E-state index contributed by atoms with van der Waals surface area (Å²) in [6.07, 6.45) is 6.05. The second kappa shape index (κ2) is 2.23. The van der Waals surface area contributed by atoms with Gasteiger partial charge in [0.25, 0.3) is 5.91 Å². The van der Waals surface area contributed by atoms with Crippen molar-refractivity contribution in [3.63, 3.8) is 0 Å². The summed E-state index contributed by atoms with van der Waals surface area (Å²) in [5, 5.41) is 0. The Morgan fingerprint density at radius 3 is 3.18 bits per heavy atom. The van der Waals surface area contributed by atoms with Gasteiger partial charge in [0, 0.05) is 6.21 Å². The fourth-order valence-electron chi connectivity index (χ4n) is 0.936. The number of hydrogen-bond acceptors (Lipinski definition) is 3. The molecular weight excluding hydrogens is 142 g/mol. The maximum Gasteiger partial charge on any atom is 0.288 e. The first kappa shape index (κ1) is 6.15. The largest absolute Gasteiger partial charge is 0.288 e. The topological polar surface area (TPSA) is 54.1 Å². The van der Waals surface area contributed by atoms with E-state index in [1.165, 1.54) is 6.21 Å². The van der Waals surface area contributed by atoms with Gasteiger partial charge in [-0.2, -0.15) is 0 Å². The molecule has 54 valence electrons. The van der Waals surface area contributed by atoms with Crippen molar-refractivity contribution in [1.29, 1.82) is 0 Å². The van der Waals surface area contributed by atoms with Crippen LogP contribution in [-0.4, -0.2) is 30.2 Å². The molecule has 0 aromatic carbocycles. The first-order chi connectivity index (χ1) is 5.36. The number of rotatable bonds is 0. The summed E-state index contributed by atoms with van der Waals surface area (Å²) in [7, 11) is 0. The van der Waals surface area contributed by atoms with E-state index in [0.717, 1.165) is 0 Å². The normalized spacial score (nSPS) is 26.7. The van der Waals surface area contributed by atoms with E-state index in [1.54, 1.807) is 18.4 Å². The number of amides is 1. The predicted octanol–water partition coefficient (Wildman–Crippen LogP) is 0.00510. The molecular formula is C7H5N3O. The summed E-state index contributed by atoms with van der Waals surface area (Å²) < 4.78 is 0. The molecule has 11 heavy (non-hydrogen) atoms. The first-order valence-electron chi connectivity index (χ1n) is 3.22. The molecule has 2 heterocycles. The highest BCUT2D eigenvalue weighted by atomic mass is 16.1. The minimum Gasteiger partial charge on any atom is -0.266 e. The lowest BCUT2D eigenvalue weighted by molar-refractivity contribution is -0.111. The number of carbonyl (C=O) groups is 1. The summed E-state index contributed by atoms with van der Waals surface area (Å²) in [5.41, 5.74) is 0.625. The number of dihydropyridines is 1. The zero-order valence-corrected chi connectivity index (χ0v) is 5.64. The molecule has 1 amide bonds. The lowest BCUT2D eigenvalue weighted by atomic mass is 10.2. The van der Waals surface area contributed by atoms with Gasteiger partial charge in [0.2, 0.25) is 0 Å². The Bertz CT molecular complexity index is 312. The molecule has 1 atom stereocenters. The van der Waals surface area contributed by atoms with E-state index in [9.17, 15) is 4.79 Å². The monoisotopic (exact) mass is 147 g/mol. The zero-order chi connectivity index (χ0) is 7.68. The number of aliphatic imine (C=N–C) groups is 3. The van der Waals surface area contributed by atoms with Crippen LogP contribution in [0, 0.1) is 0 Å². The van der Waals surface area contributed by atoms with Crippen LogP contribution in [0.5, 0.6) is 0 Å². The Kier molecular flexibility index (Phi) is 1.25. The third-order valence-corrected chi connectivity index (χ3v) is 1.41. The molecule has 0 aliphatic carbocycles. The standard InChI is InChI=1S/C7H5N3O/c11-6-4-9-7-5(10-6)2-1-3-8-7/h1-4,7H. The quantitative estimate of drug-likeness (QED) is 0.476. The molecule has 2 rings (SSSR count). The minimum atomic E-state index is -0.307. The van der Waals surface area contributed by atoms with E-state index < -0.39 is 0 Å². The fraction of sp³-hybridized carbons (Fsp3) is 0.143. The Morgan fingerprint density at radius 2 is 2.27 bits per heavy atom. The van der Waals surface area contributed by atoms with Gasteiger partial charge in [-0.1, -0.05) is 0 Å². The van der Waals surface area contributed by atoms with E-state index in [2.05, 4.69) is 15.0 Å². The van der Waals surface area contributed by atoms with Gasteiger partial charge in [0.05, 0.1) is 11.9 Å². The third-order valence-electron chi connectivity index (χ3n) is 1.41. The molecule has 4 nitrogen and oxygen atoms in total. The number of fused-ring (bicyclic) bond motifs is 1. The van der Waals surface area contributed by atoms with Gasteiger partial charge in [0.1, 0.15) is 0 Å². The minimum absolute atomic E-state index is 0.280. The second-order valence-corrected chi connectivity index (χ2v) is 2.18.